The van der Waals surface area contributed by atoms with Crippen LogP contribution < -0.4 is 9.64 Å². The molecule has 1 aliphatic heterocycles. The van der Waals surface area contributed by atoms with E-state index in [1.807, 2.05) is 78.9 Å². The number of phenolic OH excluding ortho intramolecular Hbond substituents is 1. The van der Waals surface area contributed by atoms with Crippen LogP contribution in [0.1, 0.15) is 35.4 Å². The number of ketones is 2. The molecule has 6 unspecified atom stereocenters. The zero-order chi connectivity index (χ0) is 35.8. The summed E-state index contributed by atoms with van der Waals surface area (Å²) in [6.07, 6.45) is 4.01. The normalized spacial score (nSPS) is 27.0. The van der Waals surface area contributed by atoms with Gasteiger partial charge in [0.25, 0.3) is 0 Å². The zero-order valence-corrected chi connectivity index (χ0v) is 32.5. The molecule has 4 aromatic carbocycles. The molecule has 3 aliphatic carbocycles. The lowest BCUT2D eigenvalue weighted by Crippen LogP contribution is -2.59. The number of rotatable bonds is 5. The number of amides is 2. The number of allylic oxidation sites excluding steroid dienone is 4. The summed E-state index contributed by atoms with van der Waals surface area (Å²) in [5, 5.41) is 11.0. The molecule has 0 aromatic heterocycles. The Morgan fingerprint density at radius 3 is 2.20 bits per heavy atom. The highest BCUT2D eigenvalue weighted by Gasteiger charge is 2.66. The van der Waals surface area contributed by atoms with Gasteiger partial charge in [-0.1, -0.05) is 72.3 Å². The molecule has 1 saturated carbocycles. The Morgan fingerprint density at radius 2 is 1.53 bits per heavy atom. The van der Waals surface area contributed by atoms with E-state index in [9.17, 15) is 14.7 Å². The van der Waals surface area contributed by atoms with E-state index in [4.69, 9.17) is 4.74 Å². The SMILES string of the molecule is COc1cc(C2C3=CCC4C(=O)N(c5ccc(I)cc5)C(=O)C4C3CC3C(=O)C(c4ccccc4)=CC(=O)C32c2ccccc2)c(Br)c(Br)c1O. The van der Waals surface area contributed by atoms with Crippen LogP contribution in [0.15, 0.2) is 118 Å². The van der Waals surface area contributed by atoms with Crippen molar-refractivity contribution in [2.75, 3.05) is 12.0 Å². The third-order valence-corrected chi connectivity index (χ3v) is 14.0. The largest absolute Gasteiger partial charge is 0.503 e. The number of phenols is 1. The number of aromatic hydroxyl groups is 1. The van der Waals surface area contributed by atoms with Crippen LogP contribution in [-0.4, -0.2) is 35.6 Å². The summed E-state index contributed by atoms with van der Waals surface area (Å²) in [5.74, 6) is -4.46. The predicted molar refractivity (Wildman–Crippen MR) is 208 cm³/mol. The quantitative estimate of drug-likeness (QED) is 0.122. The Balaban J connectivity index is 1.40. The molecule has 51 heavy (non-hydrogen) atoms. The van der Waals surface area contributed by atoms with Crippen molar-refractivity contribution in [1.82, 2.24) is 0 Å². The second-order valence-corrected chi connectivity index (χ2v) is 16.3. The predicted octanol–water partition coefficient (Wildman–Crippen LogP) is 8.56. The summed E-state index contributed by atoms with van der Waals surface area (Å²) < 4.78 is 7.44. The van der Waals surface area contributed by atoms with E-state index in [2.05, 4.69) is 54.5 Å². The summed E-state index contributed by atoms with van der Waals surface area (Å²) >= 11 is 9.46. The van der Waals surface area contributed by atoms with Crippen molar-refractivity contribution in [1.29, 1.82) is 0 Å². The highest BCUT2D eigenvalue weighted by molar-refractivity contribution is 14.1. The summed E-state index contributed by atoms with van der Waals surface area (Å²) in [6.45, 7) is 0. The van der Waals surface area contributed by atoms with Crippen molar-refractivity contribution in [3.63, 3.8) is 0 Å². The van der Waals surface area contributed by atoms with Crippen LogP contribution in [0.4, 0.5) is 5.69 Å². The molecule has 1 N–H and O–H groups in total. The standard InChI is InChI=1S/C41H30Br2INO6/c1-51-31-19-29(35(42)36(43)38(31)48)34-25-16-17-26-33(40(50)45(39(26)49)24-14-12-23(44)13-15-24)28(25)18-30-37(47)27(21-8-4-2-5-9-21)20-32(46)41(30,34)22-10-6-3-7-11-22/h2-16,19-20,26,28,30,33-34,48H,17-18H2,1H3. The highest BCUT2D eigenvalue weighted by Crippen LogP contribution is 2.65. The van der Waals surface area contributed by atoms with Crippen molar-refractivity contribution in [2.24, 2.45) is 23.7 Å². The average Bonchev–Trinajstić information content (AvgIpc) is 3.41. The fourth-order valence-corrected chi connectivity index (χ4v) is 10.4. The van der Waals surface area contributed by atoms with Gasteiger partial charge in [-0.05, 0) is 126 Å². The van der Waals surface area contributed by atoms with Crippen LogP contribution in [0, 0.1) is 27.2 Å². The second kappa shape index (κ2) is 13.0. The monoisotopic (exact) mass is 917 g/mol. The molecule has 8 rings (SSSR count). The van der Waals surface area contributed by atoms with Crippen molar-refractivity contribution in [2.45, 2.75) is 24.2 Å². The van der Waals surface area contributed by atoms with Gasteiger partial charge >= 0.3 is 0 Å². The minimum Gasteiger partial charge on any atom is -0.503 e. The summed E-state index contributed by atoms with van der Waals surface area (Å²) in [4.78, 5) is 60.4. The topological polar surface area (TPSA) is 101 Å². The molecular formula is C41H30Br2INO6. The van der Waals surface area contributed by atoms with Crippen LogP contribution in [0.2, 0.25) is 0 Å². The van der Waals surface area contributed by atoms with Crippen molar-refractivity contribution < 1.29 is 29.0 Å². The van der Waals surface area contributed by atoms with Gasteiger partial charge in [0, 0.05) is 25.5 Å². The van der Waals surface area contributed by atoms with Gasteiger partial charge in [-0.2, -0.15) is 0 Å². The number of halogens is 3. The van der Waals surface area contributed by atoms with Crippen LogP contribution in [0.25, 0.3) is 5.57 Å². The number of ether oxygens (including phenoxy) is 1. The number of hydrogen-bond donors (Lipinski definition) is 1. The molecule has 0 bridgehead atoms. The van der Waals surface area contributed by atoms with Crippen molar-refractivity contribution in [3.05, 3.63) is 138 Å². The fourth-order valence-electron chi connectivity index (χ4n) is 9.04. The number of methoxy groups -OCH3 is 1. The number of fused-ring (bicyclic) bond motifs is 4. The van der Waals surface area contributed by atoms with E-state index in [0.717, 1.165) is 9.14 Å². The van der Waals surface area contributed by atoms with Crippen LogP contribution in [-0.2, 0) is 24.6 Å². The Labute approximate surface area is 325 Å². The van der Waals surface area contributed by atoms with E-state index in [1.54, 1.807) is 18.2 Å². The molecule has 6 atom stereocenters. The van der Waals surface area contributed by atoms with E-state index in [-0.39, 0.29) is 41.3 Å². The molecule has 0 spiro atoms. The molecule has 256 valence electrons. The molecule has 7 nitrogen and oxygen atoms in total. The van der Waals surface area contributed by atoms with Crippen molar-refractivity contribution >= 4 is 89.1 Å². The first-order chi connectivity index (χ1) is 24.6. The number of carbonyl (C=O) groups excluding carboxylic acids is 4. The molecule has 2 fully saturated rings. The van der Waals surface area contributed by atoms with Crippen LogP contribution in [0.3, 0.4) is 0 Å². The third-order valence-electron chi connectivity index (χ3n) is 11.2. The lowest BCUT2D eigenvalue weighted by atomic mass is 9.44. The van der Waals surface area contributed by atoms with Gasteiger partial charge in [-0.25, -0.2) is 0 Å². The number of imide groups is 1. The maximum atomic E-state index is 15.3. The molecule has 4 aliphatic rings. The minimum absolute atomic E-state index is 0.120. The molecule has 0 radical (unpaired) electrons. The van der Waals surface area contributed by atoms with Crippen LogP contribution in [0.5, 0.6) is 11.5 Å². The zero-order valence-electron chi connectivity index (χ0n) is 27.2. The molecule has 1 saturated heterocycles. The lowest BCUT2D eigenvalue weighted by molar-refractivity contribution is -0.135. The maximum absolute atomic E-state index is 15.3. The van der Waals surface area contributed by atoms with E-state index >= 15 is 9.59 Å². The summed E-state index contributed by atoms with van der Waals surface area (Å²) in [6, 6.07) is 27.6. The van der Waals surface area contributed by atoms with Crippen LogP contribution >= 0.6 is 54.5 Å². The first-order valence-electron chi connectivity index (χ1n) is 16.6. The van der Waals surface area contributed by atoms with E-state index in [0.29, 0.717) is 43.3 Å². The number of Topliss-reactive ketones (excluding diaryl/α,β-unsaturated/α-hetero) is 1. The second-order valence-electron chi connectivity index (χ2n) is 13.4. The average molecular weight is 919 g/mol. The Kier molecular flexibility index (Phi) is 8.70. The summed E-state index contributed by atoms with van der Waals surface area (Å²) in [7, 11) is 1.45. The number of carbonyl (C=O) groups is 4. The lowest BCUT2D eigenvalue weighted by Gasteiger charge is -2.55. The Hall–Kier alpha value is -3.87. The molecule has 4 aromatic rings. The molecule has 10 heteroatoms. The van der Waals surface area contributed by atoms with Gasteiger partial charge in [0.05, 0.1) is 34.5 Å². The highest BCUT2D eigenvalue weighted by atomic mass is 127. The van der Waals surface area contributed by atoms with E-state index in [1.165, 1.54) is 18.1 Å². The number of nitrogens with zero attached hydrogens (tertiary/aromatic N) is 1. The molecular weight excluding hydrogens is 889 g/mol. The molecule has 1 heterocycles. The first-order valence-corrected chi connectivity index (χ1v) is 19.3. The Morgan fingerprint density at radius 1 is 0.863 bits per heavy atom. The summed E-state index contributed by atoms with van der Waals surface area (Å²) in [5.41, 5.74) is 2.17. The van der Waals surface area contributed by atoms with Gasteiger partial charge in [0.2, 0.25) is 11.8 Å². The van der Waals surface area contributed by atoms with Gasteiger partial charge in [-0.15, -0.1) is 0 Å². The number of anilines is 1. The first kappa shape index (κ1) is 34.2. The van der Waals surface area contributed by atoms with Gasteiger partial charge < -0.3 is 9.84 Å². The maximum Gasteiger partial charge on any atom is 0.238 e. The fraction of sp³-hybridized carbons (Fsp3) is 0.220. The van der Waals surface area contributed by atoms with Gasteiger partial charge in [-0.3, -0.25) is 24.1 Å². The van der Waals surface area contributed by atoms with Gasteiger partial charge in [0.1, 0.15) is 0 Å². The number of hydrogen-bond acceptors (Lipinski definition) is 6. The number of benzene rings is 4. The minimum atomic E-state index is -1.42. The van der Waals surface area contributed by atoms with Crippen molar-refractivity contribution in [3.8, 4) is 11.5 Å². The third kappa shape index (κ3) is 5.07. The van der Waals surface area contributed by atoms with E-state index < -0.39 is 35.0 Å². The smallest absolute Gasteiger partial charge is 0.238 e. The molecule has 2 amide bonds. The Bertz CT molecular complexity index is 2200. The van der Waals surface area contributed by atoms with Gasteiger partial charge in [0.15, 0.2) is 23.1 Å².